The number of hydrogen-bond acceptors (Lipinski definition) is 4. The fourth-order valence-corrected chi connectivity index (χ4v) is 4.76. The molecule has 0 fully saturated rings. The highest BCUT2D eigenvalue weighted by Crippen LogP contribution is 2.50. The van der Waals surface area contributed by atoms with E-state index < -0.39 is 54.6 Å². The Morgan fingerprint density at radius 2 is 1.29 bits per heavy atom. The van der Waals surface area contributed by atoms with Crippen LogP contribution in [0.3, 0.4) is 0 Å². The molecule has 1 aromatic carbocycles. The number of hydrogen-bond donors (Lipinski definition) is 0. The molecule has 0 saturated heterocycles. The van der Waals surface area contributed by atoms with Gasteiger partial charge < -0.3 is 0 Å². The maximum atomic E-state index is 13.5. The molecule has 0 spiro atoms. The SMILES string of the molecule is CCc1ccc(S(=O)(=O)C2C(C(F)(F)F)=C(C#N)C(C#N)=C2C(F)(F)F)cc1. The molecule has 0 aromatic heterocycles. The van der Waals surface area contributed by atoms with Gasteiger partial charge in [0.2, 0.25) is 0 Å². The first-order chi connectivity index (χ1) is 12.8. The predicted octanol–water partition coefficient (Wildman–Crippen LogP) is 4.17. The highest BCUT2D eigenvalue weighted by Gasteiger charge is 2.59. The van der Waals surface area contributed by atoms with Crippen molar-refractivity contribution < 1.29 is 34.8 Å². The third-order valence-corrected chi connectivity index (χ3v) is 6.14. The largest absolute Gasteiger partial charge is 0.415 e. The van der Waals surface area contributed by atoms with E-state index in [1.54, 1.807) is 6.92 Å². The predicted molar refractivity (Wildman–Crippen MR) is 84.2 cm³/mol. The molecule has 0 atom stereocenters. The van der Waals surface area contributed by atoms with Crippen LogP contribution in [0.1, 0.15) is 12.5 Å². The highest BCUT2D eigenvalue weighted by molar-refractivity contribution is 7.92. The van der Waals surface area contributed by atoms with Crippen molar-refractivity contribution in [2.45, 2.75) is 35.8 Å². The normalized spacial score (nSPS) is 16.3. The van der Waals surface area contributed by atoms with Gasteiger partial charge in [0.25, 0.3) is 0 Å². The van der Waals surface area contributed by atoms with Gasteiger partial charge in [-0.25, -0.2) is 8.42 Å². The van der Waals surface area contributed by atoms with Crippen LogP contribution in [0, 0.1) is 22.7 Å². The fraction of sp³-hybridized carbons (Fsp3) is 0.294. The molecule has 0 aliphatic heterocycles. The Hall–Kier alpha value is -2.79. The summed E-state index contributed by atoms with van der Waals surface area (Å²) in [7, 11) is -5.27. The second kappa shape index (κ2) is 6.99. The molecule has 1 aliphatic rings. The summed E-state index contributed by atoms with van der Waals surface area (Å²) >= 11 is 0. The lowest BCUT2D eigenvalue weighted by atomic mass is 10.1. The van der Waals surface area contributed by atoms with Gasteiger partial charge in [-0.05, 0) is 24.1 Å². The van der Waals surface area contributed by atoms with E-state index in [-0.39, 0.29) is 0 Å². The number of benzene rings is 1. The quantitative estimate of drug-likeness (QED) is 0.688. The van der Waals surface area contributed by atoms with Gasteiger partial charge in [-0.1, -0.05) is 19.1 Å². The van der Waals surface area contributed by atoms with E-state index in [1.807, 2.05) is 0 Å². The summed E-state index contributed by atoms with van der Waals surface area (Å²) in [5, 5.41) is 14.6. The highest BCUT2D eigenvalue weighted by atomic mass is 32.2. The number of aryl methyl sites for hydroxylation is 1. The molecular weight excluding hydrogens is 410 g/mol. The zero-order valence-electron chi connectivity index (χ0n) is 14.0. The summed E-state index contributed by atoms with van der Waals surface area (Å²) in [6.07, 6.45) is -10.7. The number of nitrogens with zero attached hydrogens (tertiary/aromatic N) is 2. The van der Waals surface area contributed by atoms with E-state index in [4.69, 9.17) is 10.5 Å². The molecule has 0 bridgehead atoms. The molecule has 1 aliphatic carbocycles. The number of rotatable bonds is 3. The summed E-state index contributed by atoms with van der Waals surface area (Å²) in [6, 6.07) is 6.12. The van der Waals surface area contributed by atoms with Crippen molar-refractivity contribution >= 4 is 9.84 Å². The van der Waals surface area contributed by atoms with Crippen molar-refractivity contribution in [3.05, 3.63) is 52.1 Å². The molecule has 0 unspecified atom stereocenters. The molecule has 0 radical (unpaired) electrons. The Morgan fingerprint density at radius 1 is 0.893 bits per heavy atom. The van der Waals surface area contributed by atoms with Crippen molar-refractivity contribution in [2.75, 3.05) is 0 Å². The van der Waals surface area contributed by atoms with Crippen molar-refractivity contribution in [1.82, 2.24) is 0 Å². The monoisotopic (exact) mass is 420 g/mol. The number of nitriles is 2. The molecule has 11 heteroatoms. The van der Waals surface area contributed by atoms with Crippen molar-refractivity contribution in [2.24, 2.45) is 0 Å². The molecule has 1 aromatic rings. The average Bonchev–Trinajstić information content (AvgIpc) is 2.97. The smallest absolute Gasteiger partial charge is 0.223 e. The molecule has 0 amide bonds. The average molecular weight is 420 g/mol. The van der Waals surface area contributed by atoms with Gasteiger partial charge in [0.1, 0.15) is 17.4 Å². The summed E-state index contributed by atoms with van der Waals surface area (Å²) in [6.45, 7) is 1.72. The Bertz CT molecular complexity index is 1000. The summed E-state index contributed by atoms with van der Waals surface area (Å²) in [5.41, 5.74) is -7.09. The summed E-state index contributed by atoms with van der Waals surface area (Å²) < 4.78 is 107. The summed E-state index contributed by atoms with van der Waals surface area (Å²) in [5.74, 6) is 0. The van der Waals surface area contributed by atoms with E-state index >= 15 is 0 Å². The van der Waals surface area contributed by atoms with Crippen LogP contribution in [-0.2, 0) is 16.3 Å². The third-order valence-electron chi connectivity index (χ3n) is 4.12. The maximum absolute atomic E-state index is 13.5. The molecule has 28 heavy (non-hydrogen) atoms. The molecule has 148 valence electrons. The Morgan fingerprint density at radius 3 is 1.57 bits per heavy atom. The van der Waals surface area contributed by atoms with Crippen LogP contribution < -0.4 is 0 Å². The van der Waals surface area contributed by atoms with Crippen molar-refractivity contribution in [1.29, 1.82) is 10.5 Å². The zero-order valence-corrected chi connectivity index (χ0v) is 14.8. The molecule has 0 N–H and O–H groups in total. The number of sulfone groups is 1. The second-order valence-corrected chi connectivity index (χ2v) is 7.75. The van der Waals surface area contributed by atoms with Gasteiger partial charge in [0.05, 0.1) is 27.2 Å². The van der Waals surface area contributed by atoms with Crippen molar-refractivity contribution in [3.63, 3.8) is 0 Å². The Labute approximate surface area is 155 Å². The van der Waals surface area contributed by atoms with E-state index in [2.05, 4.69) is 0 Å². The first kappa shape index (κ1) is 21.5. The Kier molecular flexibility index (Phi) is 5.37. The van der Waals surface area contributed by atoms with Crippen LogP contribution in [0.2, 0.25) is 0 Å². The summed E-state index contributed by atoms with van der Waals surface area (Å²) in [4.78, 5) is -0.783. The van der Waals surface area contributed by atoms with Crippen LogP contribution in [0.15, 0.2) is 51.5 Å². The van der Waals surface area contributed by atoms with Crippen molar-refractivity contribution in [3.8, 4) is 12.1 Å². The lowest BCUT2D eigenvalue weighted by molar-refractivity contribution is -0.103. The first-order valence-corrected chi connectivity index (χ1v) is 9.11. The topological polar surface area (TPSA) is 81.7 Å². The van der Waals surface area contributed by atoms with Gasteiger partial charge >= 0.3 is 12.4 Å². The van der Waals surface area contributed by atoms with Crippen LogP contribution in [0.4, 0.5) is 26.3 Å². The van der Waals surface area contributed by atoms with Gasteiger partial charge in [0, 0.05) is 0 Å². The molecule has 4 nitrogen and oxygen atoms in total. The fourth-order valence-electron chi connectivity index (χ4n) is 2.85. The molecule has 0 heterocycles. The van der Waals surface area contributed by atoms with Gasteiger partial charge in [-0.3, -0.25) is 0 Å². The molecule has 0 saturated carbocycles. The minimum Gasteiger partial charge on any atom is -0.223 e. The number of allylic oxidation sites excluding steroid dienone is 2. The second-order valence-electron chi connectivity index (χ2n) is 5.72. The first-order valence-electron chi connectivity index (χ1n) is 7.56. The van der Waals surface area contributed by atoms with Gasteiger partial charge in [-0.2, -0.15) is 36.9 Å². The minimum absolute atomic E-state index is 0.461. The lowest BCUT2D eigenvalue weighted by Gasteiger charge is -2.23. The van der Waals surface area contributed by atoms with Crippen LogP contribution in [-0.4, -0.2) is 26.0 Å². The zero-order chi connectivity index (χ0) is 21.5. The third kappa shape index (κ3) is 3.50. The minimum atomic E-state index is -5.58. The Balaban J connectivity index is 2.89. The molecular formula is C17H10F6N2O2S. The van der Waals surface area contributed by atoms with Crippen LogP contribution in [0.5, 0.6) is 0 Å². The number of halogens is 6. The van der Waals surface area contributed by atoms with Gasteiger partial charge in [-0.15, -0.1) is 0 Å². The standard InChI is InChI=1S/C17H10F6N2O2S/c1-2-9-3-5-10(6-4-9)28(26,27)15-13(16(18,19)20)11(7-24)12(8-25)14(15)17(21,22)23/h3-6,15H,2H2,1H3. The van der Waals surface area contributed by atoms with Crippen LogP contribution in [0.25, 0.3) is 0 Å². The van der Waals surface area contributed by atoms with E-state index in [1.165, 1.54) is 12.1 Å². The van der Waals surface area contributed by atoms with E-state index in [9.17, 15) is 34.8 Å². The van der Waals surface area contributed by atoms with E-state index in [0.717, 1.165) is 24.3 Å². The lowest BCUT2D eigenvalue weighted by Crippen LogP contribution is -2.36. The van der Waals surface area contributed by atoms with Gasteiger partial charge in [0.15, 0.2) is 9.84 Å². The number of alkyl halides is 6. The molecule has 2 rings (SSSR count). The van der Waals surface area contributed by atoms with E-state index in [0.29, 0.717) is 12.0 Å². The maximum Gasteiger partial charge on any atom is 0.415 e. The van der Waals surface area contributed by atoms with Crippen LogP contribution >= 0.6 is 0 Å².